The van der Waals surface area contributed by atoms with Crippen molar-refractivity contribution in [3.05, 3.63) is 0 Å². The zero-order valence-corrected chi connectivity index (χ0v) is 15.7. The Balaban J connectivity index is 1.60. The van der Waals surface area contributed by atoms with Gasteiger partial charge in [0.15, 0.2) is 0 Å². The molecule has 0 bridgehead atoms. The predicted octanol–water partition coefficient (Wildman–Crippen LogP) is 3.71. The summed E-state index contributed by atoms with van der Waals surface area (Å²) in [4.78, 5) is 36.5. The lowest BCUT2D eigenvalue weighted by molar-refractivity contribution is -0.163. The number of rotatable bonds is 1. The molecule has 4 nitrogen and oxygen atoms in total. The van der Waals surface area contributed by atoms with Crippen LogP contribution in [0.3, 0.4) is 0 Å². The van der Waals surface area contributed by atoms with Crippen LogP contribution in [0.1, 0.15) is 72.1 Å². The highest BCUT2D eigenvalue weighted by molar-refractivity contribution is 6.05. The standard InChI is InChI=1S/C21H30O4/c1-12(22)25-13-4-5-15-14-10-18(24)19-17(23)7-9-21(19,3)16(14)6-8-20(15,2)11-13/h13-16,19H,4-11H2,1-3H3/t13-,14-,15-,16-,19-,20+,21-/m0/s1. The number of esters is 1. The van der Waals surface area contributed by atoms with Gasteiger partial charge in [-0.2, -0.15) is 0 Å². The van der Waals surface area contributed by atoms with Crippen molar-refractivity contribution in [1.82, 2.24) is 0 Å². The summed E-state index contributed by atoms with van der Waals surface area (Å²) in [5, 5.41) is 0. The second-order valence-electron chi connectivity index (χ2n) is 9.66. The van der Waals surface area contributed by atoms with Crippen molar-refractivity contribution in [2.45, 2.75) is 78.2 Å². The summed E-state index contributed by atoms with van der Waals surface area (Å²) >= 11 is 0. The summed E-state index contributed by atoms with van der Waals surface area (Å²) < 4.78 is 5.52. The van der Waals surface area contributed by atoms with E-state index >= 15 is 0 Å². The Labute approximate surface area is 150 Å². The smallest absolute Gasteiger partial charge is 0.302 e. The maximum Gasteiger partial charge on any atom is 0.302 e. The van der Waals surface area contributed by atoms with Crippen molar-refractivity contribution < 1.29 is 19.1 Å². The molecular weight excluding hydrogens is 316 g/mol. The molecular formula is C21H30O4. The molecule has 138 valence electrons. The average Bonchev–Trinajstić information content (AvgIpc) is 2.82. The second kappa shape index (κ2) is 5.65. The van der Waals surface area contributed by atoms with Crippen molar-refractivity contribution in [1.29, 1.82) is 0 Å². The third-order valence-corrected chi connectivity index (χ3v) is 8.28. The van der Waals surface area contributed by atoms with E-state index in [0.717, 1.165) is 38.5 Å². The van der Waals surface area contributed by atoms with Crippen LogP contribution in [0.25, 0.3) is 0 Å². The second-order valence-corrected chi connectivity index (χ2v) is 9.66. The molecule has 4 aliphatic rings. The molecule has 0 unspecified atom stereocenters. The van der Waals surface area contributed by atoms with Gasteiger partial charge in [-0.1, -0.05) is 13.8 Å². The van der Waals surface area contributed by atoms with Crippen molar-refractivity contribution in [2.24, 2.45) is 34.5 Å². The van der Waals surface area contributed by atoms with Crippen LogP contribution in [0.2, 0.25) is 0 Å². The van der Waals surface area contributed by atoms with Gasteiger partial charge in [0.1, 0.15) is 17.7 Å². The van der Waals surface area contributed by atoms with E-state index in [1.165, 1.54) is 6.92 Å². The van der Waals surface area contributed by atoms with Crippen LogP contribution in [0.15, 0.2) is 0 Å². The fourth-order valence-electron chi connectivity index (χ4n) is 7.27. The largest absolute Gasteiger partial charge is 0.463 e. The molecule has 0 radical (unpaired) electrons. The first-order chi connectivity index (χ1) is 11.7. The van der Waals surface area contributed by atoms with E-state index in [-0.39, 0.29) is 40.4 Å². The number of hydrogen-bond donors (Lipinski definition) is 0. The van der Waals surface area contributed by atoms with Crippen molar-refractivity contribution in [3.8, 4) is 0 Å². The van der Waals surface area contributed by atoms with Gasteiger partial charge in [-0.3, -0.25) is 14.4 Å². The molecule has 0 saturated heterocycles. The predicted molar refractivity (Wildman–Crippen MR) is 92.7 cm³/mol. The van der Waals surface area contributed by atoms with Crippen LogP contribution in [-0.2, 0) is 19.1 Å². The normalized spacial score (nSPS) is 49.2. The number of Topliss-reactive ketones (excluding diaryl/α,β-unsaturated/α-hetero) is 2. The van der Waals surface area contributed by atoms with Crippen LogP contribution >= 0.6 is 0 Å². The minimum atomic E-state index is -0.324. The number of carbonyl (C=O) groups is 3. The van der Waals surface area contributed by atoms with E-state index < -0.39 is 0 Å². The Bertz CT molecular complexity index is 625. The zero-order valence-electron chi connectivity index (χ0n) is 15.7. The summed E-state index contributed by atoms with van der Waals surface area (Å²) in [6, 6.07) is 0. The maximum atomic E-state index is 12.8. The summed E-state index contributed by atoms with van der Waals surface area (Å²) in [5.74, 6) is 1.33. The first-order valence-corrected chi connectivity index (χ1v) is 9.97. The quantitative estimate of drug-likeness (QED) is 0.536. The van der Waals surface area contributed by atoms with Crippen LogP contribution < -0.4 is 0 Å². The van der Waals surface area contributed by atoms with Gasteiger partial charge in [0.05, 0.1) is 5.92 Å². The summed E-state index contributed by atoms with van der Waals surface area (Å²) in [5.41, 5.74) is 0.0524. The average molecular weight is 346 g/mol. The van der Waals surface area contributed by atoms with Gasteiger partial charge in [-0.25, -0.2) is 0 Å². The summed E-state index contributed by atoms with van der Waals surface area (Å²) in [6.45, 7) is 6.04. The summed E-state index contributed by atoms with van der Waals surface area (Å²) in [7, 11) is 0. The highest BCUT2D eigenvalue weighted by Gasteiger charge is 2.62. The first-order valence-electron chi connectivity index (χ1n) is 9.97. The molecule has 0 aliphatic heterocycles. The lowest BCUT2D eigenvalue weighted by Crippen LogP contribution is -2.56. The molecule has 0 heterocycles. The van der Waals surface area contributed by atoms with Crippen LogP contribution in [0, 0.1) is 34.5 Å². The third-order valence-electron chi connectivity index (χ3n) is 8.28. The lowest BCUT2D eigenvalue weighted by Gasteiger charge is -2.59. The molecule has 0 spiro atoms. The monoisotopic (exact) mass is 346 g/mol. The maximum absolute atomic E-state index is 12.8. The topological polar surface area (TPSA) is 60.4 Å². The van der Waals surface area contributed by atoms with E-state index in [4.69, 9.17) is 4.74 Å². The van der Waals surface area contributed by atoms with Gasteiger partial charge in [-0.05, 0) is 67.1 Å². The van der Waals surface area contributed by atoms with E-state index in [1.54, 1.807) is 0 Å². The molecule has 0 aromatic rings. The molecule has 4 rings (SSSR count). The first kappa shape index (κ1) is 17.2. The van der Waals surface area contributed by atoms with Gasteiger partial charge in [0, 0.05) is 19.8 Å². The van der Waals surface area contributed by atoms with Crippen LogP contribution in [0.4, 0.5) is 0 Å². The fourth-order valence-corrected chi connectivity index (χ4v) is 7.27. The Hall–Kier alpha value is -1.19. The van der Waals surface area contributed by atoms with Crippen LogP contribution in [-0.4, -0.2) is 23.6 Å². The Morgan fingerprint density at radius 2 is 1.80 bits per heavy atom. The van der Waals surface area contributed by atoms with Crippen molar-refractivity contribution in [2.75, 3.05) is 0 Å². The molecule has 0 aromatic heterocycles. The highest BCUT2D eigenvalue weighted by atomic mass is 16.5. The number of hydrogen-bond acceptors (Lipinski definition) is 4. The van der Waals surface area contributed by atoms with E-state index in [1.807, 2.05) is 0 Å². The van der Waals surface area contributed by atoms with Gasteiger partial charge < -0.3 is 4.74 Å². The molecule has 4 aliphatic carbocycles. The Morgan fingerprint density at radius 1 is 1.04 bits per heavy atom. The number of fused-ring (bicyclic) bond motifs is 5. The number of ketones is 2. The number of carbonyl (C=O) groups excluding carboxylic acids is 3. The van der Waals surface area contributed by atoms with E-state index in [0.29, 0.717) is 30.6 Å². The highest BCUT2D eigenvalue weighted by Crippen LogP contribution is 2.64. The zero-order chi connectivity index (χ0) is 18.0. The molecule has 7 atom stereocenters. The Kier molecular flexibility index (Phi) is 3.90. The molecule has 4 heteroatoms. The number of ether oxygens (including phenoxy) is 1. The molecule has 0 amide bonds. The minimum absolute atomic E-state index is 0.0333. The molecule has 0 aromatic carbocycles. The molecule has 4 fully saturated rings. The fraction of sp³-hybridized carbons (Fsp3) is 0.857. The van der Waals surface area contributed by atoms with Gasteiger partial charge in [0.25, 0.3) is 0 Å². The van der Waals surface area contributed by atoms with Crippen molar-refractivity contribution >= 4 is 17.5 Å². The van der Waals surface area contributed by atoms with Crippen LogP contribution in [0.5, 0.6) is 0 Å². The van der Waals surface area contributed by atoms with Gasteiger partial charge in [0.2, 0.25) is 0 Å². The van der Waals surface area contributed by atoms with Gasteiger partial charge >= 0.3 is 5.97 Å². The molecule has 0 N–H and O–H groups in total. The minimum Gasteiger partial charge on any atom is -0.463 e. The van der Waals surface area contributed by atoms with E-state index in [2.05, 4.69) is 13.8 Å². The third kappa shape index (κ3) is 2.50. The van der Waals surface area contributed by atoms with Gasteiger partial charge in [-0.15, -0.1) is 0 Å². The molecule has 25 heavy (non-hydrogen) atoms. The Morgan fingerprint density at radius 3 is 2.52 bits per heavy atom. The SMILES string of the molecule is CC(=O)O[C@H]1CC[C@H]2[C@@H]3CC(=O)[C@@H]4C(=O)CC[C@@]4(C)[C@H]3CC[C@]2(C)C1. The lowest BCUT2D eigenvalue weighted by atomic mass is 9.45. The summed E-state index contributed by atoms with van der Waals surface area (Å²) in [6.07, 6.45) is 7.22. The van der Waals surface area contributed by atoms with E-state index in [9.17, 15) is 14.4 Å². The molecule has 4 saturated carbocycles. The van der Waals surface area contributed by atoms with Crippen molar-refractivity contribution in [3.63, 3.8) is 0 Å².